The van der Waals surface area contributed by atoms with Crippen molar-refractivity contribution in [3.05, 3.63) is 53.5 Å². The van der Waals surface area contributed by atoms with Crippen LogP contribution in [0.3, 0.4) is 0 Å². The Morgan fingerprint density at radius 2 is 2.14 bits per heavy atom. The molecular weight excluding hydrogens is 397 g/mol. The fourth-order valence-corrected chi connectivity index (χ4v) is 2.90. The van der Waals surface area contributed by atoms with E-state index in [9.17, 15) is 18.0 Å². The van der Waals surface area contributed by atoms with E-state index in [-0.39, 0.29) is 22.3 Å². The van der Waals surface area contributed by atoms with E-state index in [0.717, 1.165) is 23.9 Å². The minimum absolute atomic E-state index is 0.182. The molecule has 1 N–H and O–H groups in total. The number of halogens is 3. The summed E-state index contributed by atoms with van der Waals surface area (Å²) in [5, 5.41) is 21.2. The number of nitrogens with zero attached hydrogens (tertiary/aromatic N) is 4. The van der Waals surface area contributed by atoms with Crippen molar-refractivity contribution in [3.63, 3.8) is 0 Å². The first-order chi connectivity index (χ1) is 13.3. The summed E-state index contributed by atoms with van der Waals surface area (Å²) in [6.07, 6.45) is -1.80. The van der Waals surface area contributed by atoms with Gasteiger partial charge in [-0.1, -0.05) is 23.9 Å². The van der Waals surface area contributed by atoms with Crippen LogP contribution in [0.4, 0.5) is 13.2 Å². The summed E-state index contributed by atoms with van der Waals surface area (Å²) < 4.78 is 45.1. The first kappa shape index (κ1) is 19.7. The van der Waals surface area contributed by atoms with E-state index in [4.69, 9.17) is 9.52 Å². The number of hydrogen-bond acceptors (Lipinski definition) is 6. The van der Waals surface area contributed by atoms with E-state index in [0.29, 0.717) is 11.3 Å². The molecule has 0 atom stereocenters. The molecule has 146 valence electrons. The Morgan fingerprint density at radius 1 is 1.36 bits per heavy atom. The molecule has 0 radical (unpaired) electrons. The number of rotatable bonds is 6. The van der Waals surface area contributed by atoms with Gasteiger partial charge in [0, 0.05) is 0 Å². The molecule has 0 aliphatic carbocycles. The molecule has 0 saturated carbocycles. The molecule has 11 heteroatoms. The lowest BCUT2D eigenvalue weighted by atomic mass is 10.1. The highest BCUT2D eigenvalue weighted by Gasteiger charge is 2.30. The second kappa shape index (κ2) is 7.89. The molecule has 0 amide bonds. The highest BCUT2D eigenvalue weighted by atomic mass is 32.2. The zero-order valence-electron chi connectivity index (χ0n) is 14.3. The maximum Gasteiger partial charge on any atom is 0.416 e. The van der Waals surface area contributed by atoms with Gasteiger partial charge in [0.15, 0.2) is 5.82 Å². The van der Waals surface area contributed by atoms with Crippen molar-refractivity contribution in [2.75, 3.05) is 5.75 Å². The van der Waals surface area contributed by atoms with Gasteiger partial charge < -0.3 is 9.52 Å². The number of benzene rings is 1. The number of thioether (sulfide) groups is 1. The minimum atomic E-state index is -4.47. The number of carbonyl (C=O) groups is 1. The van der Waals surface area contributed by atoms with Crippen LogP contribution < -0.4 is 0 Å². The van der Waals surface area contributed by atoms with Gasteiger partial charge in [-0.25, -0.2) is 0 Å². The maximum absolute atomic E-state index is 12.9. The third-order valence-electron chi connectivity index (χ3n) is 3.57. The van der Waals surface area contributed by atoms with Gasteiger partial charge in [-0.05, 0) is 30.7 Å². The fraction of sp³-hybridized carbons (Fsp3) is 0.176. The lowest BCUT2D eigenvalue weighted by Gasteiger charge is -2.07. The average Bonchev–Trinajstić information content (AvgIpc) is 3.23. The minimum Gasteiger partial charge on any atom is -0.481 e. The Bertz CT molecular complexity index is 1030. The van der Waals surface area contributed by atoms with E-state index in [2.05, 4.69) is 15.3 Å². The first-order valence-electron chi connectivity index (χ1n) is 7.82. The van der Waals surface area contributed by atoms with Crippen LogP contribution >= 0.6 is 11.8 Å². The molecule has 0 aliphatic rings. The number of carboxylic acid groups (broad SMARTS) is 1. The summed E-state index contributed by atoms with van der Waals surface area (Å²) in [5.74, 6) is -0.510. The van der Waals surface area contributed by atoms with Gasteiger partial charge in [0.25, 0.3) is 0 Å². The Hall–Kier alpha value is -3.08. The molecule has 0 bridgehead atoms. The van der Waals surface area contributed by atoms with Gasteiger partial charge in [-0.3, -0.25) is 4.79 Å². The Morgan fingerprint density at radius 3 is 2.79 bits per heavy atom. The monoisotopic (exact) mass is 410 g/mol. The third-order valence-corrected chi connectivity index (χ3v) is 4.48. The number of alkyl halides is 3. The molecule has 3 rings (SSSR count). The number of aryl methyl sites for hydroxylation is 1. The third kappa shape index (κ3) is 4.42. The second-order valence-electron chi connectivity index (χ2n) is 5.56. The van der Waals surface area contributed by atoms with Gasteiger partial charge in [-0.15, -0.1) is 10.2 Å². The van der Waals surface area contributed by atoms with Crippen LogP contribution in [-0.4, -0.2) is 37.9 Å². The normalized spacial score (nSPS) is 12.0. The Balaban J connectivity index is 1.99. The van der Waals surface area contributed by atoms with E-state index < -0.39 is 17.7 Å². The molecule has 1 aromatic carbocycles. The maximum atomic E-state index is 12.9. The highest BCUT2D eigenvalue weighted by Crippen LogP contribution is 2.30. The lowest BCUT2D eigenvalue weighted by Crippen LogP contribution is -2.05. The Labute approximate surface area is 160 Å². The standard InChI is InChI=1S/C17H13F3N4O3S/c1-10-13(5-6-27-10)15-22-23-16(28-9-14(25)26)24(15)21-8-11-3-2-4-12(7-11)17(18,19)20/h2-8H,9H2,1H3,(H,25,26)/b21-8-. The van der Waals surface area contributed by atoms with E-state index in [1.165, 1.54) is 29.3 Å². The van der Waals surface area contributed by atoms with Crippen LogP contribution in [0.15, 0.2) is 51.3 Å². The summed E-state index contributed by atoms with van der Waals surface area (Å²) in [4.78, 5) is 10.8. The molecule has 0 fully saturated rings. The molecule has 28 heavy (non-hydrogen) atoms. The molecule has 0 saturated heterocycles. The SMILES string of the molecule is Cc1occc1-c1nnc(SCC(=O)O)n1/N=C\c1cccc(C(F)(F)F)c1. The summed E-state index contributed by atoms with van der Waals surface area (Å²) in [6.45, 7) is 1.70. The summed E-state index contributed by atoms with van der Waals surface area (Å²) >= 11 is 0.887. The van der Waals surface area contributed by atoms with Crippen molar-refractivity contribution < 1.29 is 27.5 Å². The van der Waals surface area contributed by atoms with Gasteiger partial charge >= 0.3 is 12.1 Å². The van der Waals surface area contributed by atoms with Crippen molar-refractivity contribution in [3.8, 4) is 11.4 Å². The van der Waals surface area contributed by atoms with E-state index >= 15 is 0 Å². The van der Waals surface area contributed by atoms with Crippen molar-refractivity contribution >= 4 is 23.9 Å². The topological polar surface area (TPSA) is 93.5 Å². The van der Waals surface area contributed by atoms with Gasteiger partial charge in [0.1, 0.15) is 5.76 Å². The average molecular weight is 410 g/mol. The first-order valence-corrected chi connectivity index (χ1v) is 8.80. The number of furan rings is 1. The van der Waals surface area contributed by atoms with Crippen LogP contribution in [-0.2, 0) is 11.0 Å². The molecule has 0 aliphatic heterocycles. The van der Waals surface area contributed by atoms with Crippen molar-refractivity contribution in [1.29, 1.82) is 0 Å². The van der Waals surface area contributed by atoms with E-state index in [1.54, 1.807) is 13.0 Å². The molecule has 0 unspecified atom stereocenters. The smallest absolute Gasteiger partial charge is 0.416 e. The predicted molar refractivity (Wildman–Crippen MR) is 95.3 cm³/mol. The van der Waals surface area contributed by atoms with Crippen molar-refractivity contribution in [1.82, 2.24) is 14.9 Å². The van der Waals surface area contributed by atoms with Crippen LogP contribution in [0.5, 0.6) is 0 Å². The molecule has 7 nitrogen and oxygen atoms in total. The van der Waals surface area contributed by atoms with Gasteiger partial charge in [0.2, 0.25) is 5.16 Å². The van der Waals surface area contributed by atoms with Gasteiger partial charge in [-0.2, -0.15) is 22.9 Å². The van der Waals surface area contributed by atoms with E-state index in [1.807, 2.05) is 0 Å². The van der Waals surface area contributed by atoms with Crippen molar-refractivity contribution in [2.24, 2.45) is 5.10 Å². The molecule has 3 aromatic rings. The quantitative estimate of drug-likeness (QED) is 0.489. The zero-order chi connectivity index (χ0) is 20.3. The van der Waals surface area contributed by atoms with Crippen LogP contribution in [0.25, 0.3) is 11.4 Å². The van der Waals surface area contributed by atoms with Crippen molar-refractivity contribution in [2.45, 2.75) is 18.3 Å². The fourth-order valence-electron chi connectivity index (χ4n) is 2.29. The summed E-state index contributed by atoms with van der Waals surface area (Å²) in [5.41, 5.74) is -0.00460. The number of hydrogen-bond donors (Lipinski definition) is 1. The van der Waals surface area contributed by atoms with Crippen LogP contribution in [0.2, 0.25) is 0 Å². The number of aromatic nitrogens is 3. The molecular formula is C17H13F3N4O3S. The molecule has 0 spiro atoms. The summed E-state index contributed by atoms with van der Waals surface area (Å²) in [7, 11) is 0. The number of aliphatic carboxylic acids is 1. The largest absolute Gasteiger partial charge is 0.481 e. The molecule has 2 aromatic heterocycles. The van der Waals surface area contributed by atoms with Gasteiger partial charge in [0.05, 0.1) is 29.4 Å². The second-order valence-corrected chi connectivity index (χ2v) is 6.50. The molecule has 2 heterocycles. The summed E-state index contributed by atoms with van der Waals surface area (Å²) in [6, 6.07) is 6.31. The predicted octanol–water partition coefficient (Wildman–Crippen LogP) is 3.92. The van der Waals surface area contributed by atoms with Crippen LogP contribution in [0, 0.1) is 6.92 Å². The Kier molecular flexibility index (Phi) is 5.54. The lowest BCUT2D eigenvalue weighted by molar-refractivity contribution is -0.137. The zero-order valence-corrected chi connectivity index (χ0v) is 15.2. The van der Waals surface area contributed by atoms with Crippen LogP contribution in [0.1, 0.15) is 16.9 Å². The number of carboxylic acids is 1. The highest BCUT2D eigenvalue weighted by molar-refractivity contribution is 7.99.